The summed E-state index contributed by atoms with van der Waals surface area (Å²) in [7, 11) is 0. The van der Waals surface area contributed by atoms with Gasteiger partial charge in [-0.1, -0.05) is 41.9 Å². The van der Waals surface area contributed by atoms with Crippen LogP contribution in [-0.4, -0.2) is 25.8 Å². The first kappa shape index (κ1) is 14.3. The zero-order valence-corrected chi connectivity index (χ0v) is 12.9. The van der Waals surface area contributed by atoms with Crippen molar-refractivity contribution < 1.29 is 14.2 Å². The molecular weight excluding hydrogens is 296 g/mol. The van der Waals surface area contributed by atoms with E-state index in [-0.39, 0.29) is 5.41 Å². The van der Waals surface area contributed by atoms with Crippen molar-refractivity contribution in [2.24, 2.45) is 5.41 Å². The fourth-order valence-electron chi connectivity index (χ4n) is 2.04. The second kappa shape index (κ2) is 5.45. The molecule has 0 radical (unpaired) electrons. The van der Waals surface area contributed by atoms with Crippen molar-refractivity contribution in [2.75, 3.05) is 19.8 Å². The summed E-state index contributed by atoms with van der Waals surface area (Å²) < 4.78 is 18.5. The molecule has 3 aliphatic rings. The predicted molar refractivity (Wildman–Crippen MR) is 74.4 cm³/mol. The molecule has 4 heteroatoms. The molecule has 0 spiro atoms. The van der Waals surface area contributed by atoms with E-state index in [4.69, 9.17) is 14.2 Å². The van der Waals surface area contributed by atoms with Gasteiger partial charge >= 0.3 is 0 Å². The Labute approximate surface area is 117 Å². The van der Waals surface area contributed by atoms with Crippen molar-refractivity contribution in [1.82, 2.24) is 0 Å². The molecule has 0 aromatic heterocycles. The third-order valence-electron chi connectivity index (χ3n) is 3.33. The number of hydrogen-bond donors (Lipinski definition) is 0. The second-order valence-corrected chi connectivity index (χ2v) is 6.60. The van der Waals surface area contributed by atoms with Gasteiger partial charge in [0.15, 0.2) is 0 Å². The summed E-state index contributed by atoms with van der Waals surface area (Å²) in [5, 5.41) is 0. The topological polar surface area (TPSA) is 27.7 Å². The summed E-state index contributed by atoms with van der Waals surface area (Å²) in [4.78, 5) is 0. The molecule has 0 atom stereocenters. The molecule has 0 aromatic carbocycles. The average molecular weight is 317 g/mol. The minimum absolute atomic E-state index is 0.0222. The normalized spacial score (nSPS) is 37.1. The molecule has 0 N–H and O–H groups in total. The summed E-state index contributed by atoms with van der Waals surface area (Å²) in [5.74, 6) is -0.875. The number of halogens is 1. The quantitative estimate of drug-likeness (QED) is 0.739. The number of fused-ring (bicyclic) bond motifs is 3. The van der Waals surface area contributed by atoms with Gasteiger partial charge in [-0.15, -0.1) is 0 Å². The van der Waals surface area contributed by atoms with Crippen LogP contribution in [0, 0.1) is 5.41 Å². The first-order valence-corrected chi connectivity index (χ1v) is 7.22. The lowest BCUT2D eigenvalue weighted by Gasteiger charge is -2.50. The molecule has 2 bridgehead atoms. The Balaban J connectivity index is 2.08. The maximum absolute atomic E-state index is 5.79. The first-order chi connectivity index (χ1) is 8.49. The molecule has 0 saturated carbocycles. The molecular formula is C14H21BrO3. The fourth-order valence-corrected chi connectivity index (χ4v) is 2.32. The van der Waals surface area contributed by atoms with Crippen molar-refractivity contribution in [1.29, 1.82) is 0 Å². The third-order valence-corrected chi connectivity index (χ3v) is 3.84. The highest BCUT2D eigenvalue weighted by Crippen LogP contribution is 2.41. The molecule has 0 unspecified atom stereocenters. The summed E-state index contributed by atoms with van der Waals surface area (Å²) in [6, 6.07) is 0. The van der Waals surface area contributed by atoms with Crippen LogP contribution in [0.1, 0.15) is 33.6 Å². The van der Waals surface area contributed by atoms with E-state index in [2.05, 4.69) is 41.9 Å². The molecule has 102 valence electrons. The van der Waals surface area contributed by atoms with Gasteiger partial charge in [-0.3, -0.25) is 0 Å². The van der Waals surface area contributed by atoms with Crippen molar-refractivity contribution >= 4 is 15.9 Å². The highest BCUT2D eigenvalue weighted by Gasteiger charge is 2.50. The van der Waals surface area contributed by atoms with E-state index in [1.54, 1.807) is 0 Å². The number of hydrogen-bond acceptors (Lipinski definition) is 3. The van der Waals surface area contributed by atoms with Crippen LogP contribution in [-0.2, 0) is 14.2 Å². The third kappa shape index (κ3) is 3.05. The van der Waals surface area contributed by atoms with Gasteiger partial charge in [0.25, 0.3) is 5.97 Å². The van der Waals surface area contributed by atoms with Crippen molar-refractivity contribution in [3.8, 4) is 0 Å². The van der Waals surface area contributed by atoms with E-state index in [1.165, 1.54) is 0 Å². The van der Waals surface area contributed by atoms with Gasteiger partial charge in [-0.05, 0) is 23.4 Å². The summed E-state index contributed by atoms with van der Waals surface area (Å²) >= 11 is 3.54. The van der Waals surface area contributed by atoms with E-state index in [9.17, 15) is 0 Å². The van der Waals surface area contributed by atoms with E-state index in [1.807, 2.05) is 6.92 Å². The van der Waals surface area contributed by atoms with E-state index in [0.29, 0.717) is 26.2 Å². The zero-order valence-electron chi connectivity index (χ0n) is 11.3. The van der Waals surface area contributed by atoms with Crippen molar-refractivity contribution in [3.05, 3.63) is 22.2 Å². The van der Waals surface area contributed by atoms with Crippen LogP contribution < -0.4 is 0 Å². The monoisotopic (exact) mass is 316 g/mol. The number of allylic oxidation sites excluding steroid dienone is 3. The Morgan fingerprint density at radius 1 is 1.22 bits per heavy atom. The molecule has 0 aromatic rings. The standard InChI is InChI=1S/C14H21BrO3/c1-4-5-6-12(11(2)15)7-14-16-8-13(3,9-17-14)10-18-14/h5-6H,4,7-10H2,1-3H3/b6-5-,12-11-. The van der Waals surface area contributed by atoms with Crippen LogP contribution in [0.3, 0.4) is 0 Å². The molecule has 3 heterocycles. The molecule has 0 aliphatic carbocycles. The fraction of sp³-hybridized carbons (Fsp3) is 0.714. The highest BCUT2D eigenvalue weighted by atomic mass is 79.9. The second-order valence-electron chi connectivity index (χ2n) is 5.41. The lowest BCUT2D eigenvalue weighted by Crippen LogP contribution is -2.58. The van der Waals surface area contributed by atoms with Gasteiger partial charge in [-0.2, -0.15) is 0 Å². The van der Waals surface area contributed by atoms with Crippen LogP contribution >= 0.6 is 15.9 Å². The summed E-state index contributed by atoms with van der Waals surface area (Å²) in [5.41, 5.74) is 1.18. The Kier molecular flexibility index (Phi) is 4.32. The minimum Gasteiger partial charge on any atom is -0.326 e. The highest BCUT2D eigenvalue weighted by molar-refractivity contribution is 9.11. The summed E-state index contributed by atoms with van der Waals surface area (Å²) in [6.07, 6.45) is 5.87. The molecule has 0 amide bonds. The lowest BCUT2D eigenvalue weighted by molar-refractivity contribution is -0.464. The van der Waals surface area contributed by atoms with E-state index >= 15 is 0 Å². The molecule has 3 nitrogen and oxygen atoms in total. The van der Waals surface area contributed by atoms with Gasteiger partial charge in [0, 0.05) is 5.41 Å². The van der Waals surface area contributed by atoms with Crippen LogP contribution in [0.5, 0.6) is 0 Å². The van der Waals surface area contributed by atoms with Crippen molar-refractivity contribution in [2.45, 2.75) is 39.6 Å². The SMILES string of the molecule is CC/C=C\C(CC12OCC(C)(CO1)CO2)=C(/C)Br. The number of ether oxygens (including phenoxy) is 3. The first-order valence-electron chi connectivity index (χ1n) is 6.42. The maximum Gasteiger partial charge on any atom is 0.287 e. The molecule has 3 fully saturated rings. The minimum atomic E-state index is -0.875. The summed E-state index contributed by atoms with van der Waals surface area (Å²) in [6.45, 7) is 8.39. The van der Waals surface area contributed by atoms with Crippen LogP contribution in [0.15, 0.2) is 22.2 Å². The van der Waals surface area contributed by atoms with Crippen LogP contribution in [0.4, 0.5) is 0 Å². The molecule has 3 aliphatic heterocycles. The smallest absolute Gasteiger partial charge is 0.287 e. The Morgan fingerprint density at radius 3 is 2.22 bits per heavy atom. The molecule has 3 rings (SSSR count). The number of rotatable bonds is 4. The lowest BCUT2D eigenvalue weighted by atomic mass is 9.91. The molecule has 18 heavy (non-hydrogen) atoms. The van der Waals surface area contributed by atoms with Gasteiger partial charge in [0.2, 0.25) is 0 Å². The zero-order chi connectivity index (χ0) is 13.2. The van der Waals surface area contributed by atoms with E-state index in [0.717, 1.165) is 16.5 Å². The van der Waals surface area contributed by atoms with Crippen LogP contribution in [0.2, 0.25) is 0 Å². The Hall–Kier alpha value is -0.160. The largest absolute Gasteiger partial charge is 0.326 e. The van der Waals surface area contributed by atoms with Crippen molar-refractivity contribution in [3.63, 3.8) is 0 Å². The Bertz CT molecular complexity index is 345. The van der Waals surface area contributed by atoms with Gasteiger partial charge in [0.1, 0.15) is 0 Å². The maximum atomic E-state index is 5.79. The Morgan fingerprint density at radius 2 is 1.78 bits per heavy atom. The van der Waals surface area contributed by atoms with Gasteiger partial charge < -0.3 is 14.2 Å². The van der Waals surface area contributed by atoms with Gasteiger partial charge in [0.05, 0.1) is 26.2 Å². The van der Waals surface area contributed by atoms with E-state index < -0.39 is 5.97 Å². The average Bonchev–Trinajstić information content (AvgIpc) is 2.36. The molecule has 3 saturated heterocycles. The van der Waals surface area contributed by atoms with Gasteiger partial charge in [-0.25, -0.2) is 0 Å². The van der Waals surface area contributed by atoms with Crippen LogP contribution in [0.25, 0.3) is 0 Å². The predicted octanol–water partition coefficient (Wildman–Crippen LogP) is 3.75.